The van der Waals surface area contributed by atoms with Crippen molar-refractivity contribution in [1.82, 2.24) is 4.31 Å². The van der Waals surface area contributed by atoms with Crippen molar-refractivity contribution in [2.45, 2.75) is 4.90 Å². The van der Waals surface area contributed by atoms with Gasteiger partial charge >= 0.3 is 0 Å². The van der Waals surface area contributed by atoms with Gasteiger partial charge in [0.25, 0.3) is 0 Å². The van der Waals surface area contributed by atoms with Crippen LogP contribution in [0.1, 0.15) is 0 Å². The van der Waals surface area contributed by atoms with E-state index in [1.165, 1.54) is 4.31 Å². The summed E-state index contributed by atoms with van der Waals surface area (Å²) in [6.07, 6.45) is 0. The Bertz CT molecular complexity index is 816. The number of anilines is 1. The molecule has 2 aromatic rings. The number of hydrogen-bond donors (Lipinski definition) is 0. The lowest BCUT2D eigenvalue weighted by Gasteiger charge is -2.36. The molecule has 1 fully saturated rings. The Morgan fingerprint density at radius 3 is 2.16 bits per heavy atom. The normalized spacial score (nSPS) is 15.8. The third kappa shape index (κ3) is 3.57. The molecule has 0 atom stereocenters. The van der Waals surface area contributed by atoms with Crippen LogP contribution in [0.5, 0.6) is 11.5 Å². The third-order valence-corrected chi connectivity index (χ3v) is 6.26. The number of piperazine rings is 1. The molecule has 0 spiro atoms. The molecule has 1 aliphatic heterocycles. The maximum Gasteiger partial charge on any atom is 0.243 e. The van der Waals surface area contributed by atoms with Gasteiger partial charge in [-0.3, -0.25) is 0 Å². The molecule has 0 radical (unpaired) electrons. The van der Waals surface area contributed by atoms with E-state index < -0.39 is 10.0 Å². The van der Waals surface area contributed by atoms with Gasteiger partial charge in [0.05, 0.1) is 24.8 Å². The van der Waals surface area contributed by atoms with Crippen molar-refractivity contribution in [2.75, 3.05) is 45.3 Å². The van der Waals surface area contributed by atoms with Crippen LogP contribution in [0.25, 0.3) is 0 Å². The van der Waals surface area contributed by atoms with Crippen LogP contribution in [0.4, 0.5) is 5.69 Å². The second-order valence-corrected chi connectivity index (χ2v) is 7.68. The summed E-state index contributed by atoms with van der Waals surface area (Å²) < 4.78 is 37.7. The second-order valence-electron chi connectivity index (χ2n) is 5.74. The zero-order valence-electron chi connectivity index (χ0n) is 14.4. The summed E-state index contributed by atoms with van der Waals surface area (Å²) >= 11 is 0. The summed E-state index contributed by atoms with van der Waals surface area (Å²) in [5.41, 5.74) is 0.915. The monoisotopic (exact) mass is 362 g/mol. The van der Waals surface area contributed by atoms with Gasteiger partial charge in [-0.2, -0.15) is 4.31 Å². The molecule has 1 heterocycles. The summed E-state index contributed by atoms with van der Waals surface area (Å²) in [6, 6.07) is 14.2. The van der Waals surface area contributed by atoms with Crippen LogP contribution in [0, 0.1) is 0 Å². The fourth-order valence-electron chi connectivity index (χ4n) is 2.95. The van der Waals surface area contributed by atoms with Crippen LogP contribution in [-0.2, 0) is 10.0 Å². The molecule has 2 aromatic carbocycles. The molecule has 7 heteroatoms. The molecule has 25 heavy (non-hydrogen) atoms. The molecule has 0 amide bonds. The molecule has 134 valence electrons. The molecule has 6 nitrogen and oxygen atoms in total. The predicted octanol–water partition coefficient (Wildman–Crippen LogP) is 2.21. The summed E-state index contributed by atoms with van der Waals surface area (Å²) in [5.74, 6) is 1.50. The molecule has 0 aliphatic carbocycles. The molecule has 1 saturated heterocycles. The minimum absolute atomic E-state index is 0.336. The van der Waals surface area contributed by atoms with E-state index in [0.29, 0.717) is 31.1 Å². The average Bonchev–Trinajstić information content (AvgIpc) is 2.68. The maximum atomic E-state index is 12.7. The topological polar surface area (TPSA) is 59.1 Å². The maximum absolute atomic E-state index is 12.7. The lowest BCUT2D eigenvalue weighted by molar-refractivity contribution is 0.376. The van der Waals surface area contributed by atoms with Crippen molar-refractivity contribution in [3.8, 4) is 11.5 Å². The highest BCUT2D eigenvalue weighted by Gasteiger charge is 2.29. The van der Waals surface area contributed by atoms with E-state index in [0.717, 1.165) is 17.2 Å². The molecule has 3 rings (SSSR count). The Morgan fingerprint density at radius 1 is 0.880 bits per heavy atom. The first kappa shape index (κ1) is 17.6. The molecule has 0 unspecified atom stereocenters. The van der Waals surface area contributed by atoms with Gasteiger partial charge in [0.1, 0.15) is 11.5 Å². The zero-order chi connectivity index (χ0) is 17.9. The minimum Gasteiger partial charge on any atom is -0.497 e. The number of rotatable bonds is 5. The van der Waals surface area contributed by atoms with Gasteiger partial charge in [-0.05, 0) is 24.3 Å². The number of sulfonamides is 1. The van der Waals surface area contributed by atoms with Crippen molar-refractivity contribution >= 4 is 15.7 Å². The Hall–Kier alpha value is -2.25. The van der Waals surface area contributed by atoms with Crippen molar-refractivity contribution in [3.05, 3.63) is 48.5 Å². The van der Waals surface area contributed by atoms with Crippen molar-refractivity contribution in [3.63, 3.8) is 0 Å². The fourth-order valence-corrected chi connectivity index (χ4v) is 4.40. The van der Waals surface area contributed by atoms with Gasteiger partial charge in [0.2, 0.25) is 10.0 Å². The van der Waals surface area contributed by atoms with E-state index in [9.17, 15) is 8.42 Å². The first-order valence-electron chi connectivity index (χ1n) is 8.08. The number of nitrogens with zero attached hydrogens (tertiary/aromatic N) is 2. The quantitative estimate of drug-likeness (QED) is 0.816. The average molecular weight is 362 g/mol. The molecule has 0 bridgehead atoms. The Kier molecular flexibility index (Phi) is 5.15. The van der Waals surface area contributed by atoms with Crippen molar-refractivity contribution in [1.29, 1.82) is 0 Å². The molecule has 0 N–H and O–H groups in total. The molecule has 0 aromatic heterocycles. The van der Waals surface area contributed by atoms with Gasteiger partial charge in [-0.1, -0.05) is 18.2 Å². The molecule has 1 aliphatic rings. The van der Waals surface area contributed by atoms with Crippen LogP contribution in [0.15, 0.2) is 53.4 Å². The lowest BCUT2D eigenvalue weighted by atomic mass is 10.2. The van der Waals surface area contributed by atoms with Crippen LogP contribution in [-0.4, -0.2) is 53.1 Å². The fraction of sp³-hybridized carbons (Fsp3) is 0.333. The SMILES string of the molecule is COc1ccc(OC)c(N2CCN(S(=O)(=O)c3ccccc3)CC2)c1. The van der Waals surface area contributed by atoms with E-state index in [4.69, 9.17) is 9.47 Å². The smallest absolute Gasteiger partial charge is 0.243 e. The highest BCUT2D eigenvalue weighted by Crippen LogP contribution is 2.33. The largest absolute Gasteiger partial charge is 0.497 e. The van der Waals surface area contributed by atoms with Crippen LogP contribution < -0.4 is 14.4 Å². The van der Waals surface area contributed by atoms with Crippen LogP contribution in [0.3, 0.4) is 0 Å². The van der Waals surface area contributed by atoms with E-state index in [1.54, 1.807) is 38.5 Å². The van der Waals surface area contributed by atoms with E-state index in [2.05, 4.69) is 4.90 Å². The first-order valence-corrected chi connectivity index (χ1v) is 9.52. The second kappa shape index (κ2) is 7.33. The molecular formula is C18H22N2O4S. The third-order valence-electron chi connectivity index (χ3n) is 4.35. The Morgan fingerprint density at radius 2 is 1.56 bits per heavy atom. The molecular weight excluding hydrogens is 340 g/mol. The van der Waals surface area contributed by atoms with E-state index in [1.807, 2.05) is 24.3 Å². The predicted molar refractivity (Wildman–Crippen MR) is 97.0 cm³/mol. The van der Waals surface area contributed by atoms with Crippen molar-refractivity contribution in [2.24, 2.45) is 0 Å². The minimum atomic E-state index is -3.45. The van der Waals surface area contributed by atoms with Gasteiger partial charge < -0.3 is 14.4 Å². The Labute approximate surface area is 148 Å². The van der Waals surface area contributed by atoms with E-state index in [-0.39, 0.29) is 0 Å². The number of methoxy groups -OCH3 is 2. The Balaban J connectivity index is 1.76. The highest BCUT2D eigenvalue weighted by molar-refractivity contribution is 7.89. The zero-order valence-corrected chi connectivity index (χ0v) is 15.2. The first-order chi connectivity index (χ1) is 12.1. The molecule has 0 saturated carbocycles. The van der Waals surface area contributed by atoms with E-state index >= 15 is 0 Å². The number of benzene rings is 2. The van der Waals surface area contributed by atoms with Gasteiger partial charge in [-0.25, -0.2) is 8.42 Å². The van der Waals surface area contributed by atoms with Gasteiger partial charge in [0.15, 0.2) is 0 Å². The van der Waals surface area contributed by atoms with Gasteiger partial charge in [-0.15, -0.1) is 0 Å². The summed E-state index contributed by atoms with van der Waals surface area (Å²) in [5, 5.41) is 0. The van der Waals surface area contributed by atoms with Gasteiger partial charge in [0, 0.05) is 32.2 Å². The number of hydrogen-bond acceptors (Lipinski definition) is 5. The highest BCUT2D eigenvalue weighted by atomic mass is 32.2. The summed E-state index contributed by atoms with van der Waals surface area (Å²) in [7, 11) is -0.198. The van der Waals surface area contributed by atoms with Crippen LogP contribution >= 0.6 is 0 Å². The summed E-state index contributed by atoms with van der Waals surface area (Å²) in [4.78, 5) is 2.46. The standard InChI is InChI=1S/C18H22N2O4S/c1-23-15-8-9-18(24-2)17(14-15)19-10-12-20(13-11-19)25(21,22)16-6-4-3-5-7-16/h3-9,14H,10-13H2,1-2H3. The summed E-state index contributed by atoms with van der Waals surface area (Å²) in [6.45, 7) is 2.04. The van der Waals surface area contributed by atoms with Crippen molar-refractivity contribution < 1.29 is 17.9 Å². The van der Waals surface area contributed by atoms with Crippen LogP contribution in [0.2, 0.25) is 0 Å². The number of ether oxygens (including phenoxy) is 2. The lowest BCUT2D eigenvalue weighted by Crippen LogP contribution is -2.48.